The van der Waals surface area contributed by atoms with Gasteiger partial charge in [-0.25, -0.2) is 0 Å². The van der Waals surface area contributed by atoms with Crippen LogP contribution >= 0.6 is 0 Å². The molecule has 2 aromatic rings. The summed E-state index contributed by atoms with van der Waals surface area (Å²) in [6.45, 7) is 0.798. The van der Waals surface area contributed by atoms with E-state index in [1.165, 1.54) is 30.5 Å². The third-order valence-electron chi connectivity index (χ3n) is 4.40. The van der Waals surface area contributed by atoms with Crippen LogP contribution in [-0.2, 0) is 14.8 Å². The first-order chi connectivity index (χ1) is 13.4. The minimum Gasteiger partial charge on any atom is -0.465 e. The fraction of sp³-hybridized carbons (Fsp3) is 0.300. The second-order valence-electron chi connectivity index (χ2n) is 6.58. The smallest absolute Gasteiger partial charge is 0.284 e. The van der Waals surface area contributed by atoms with Gasteiger partial charge in [-0.1, -0.05) is 12.5 Å². The number of sulfonamides is 1. The normalized spacial score (nSPS) is 17.0. The Morgan fingerprint density at radius 3 is 2.86 bits per heavy atom. The van der Waals surface area contributed by atoms with Crippen LogP contribution in [0, 0.1) is 0 Å². The van der Waals surface area contributed by atoms with Gasteiger partial charge in [-0.3, -0.25) is 4.79 Å². The average molecular weight is 401 g/mol. The Morgan fingerprint density at radius 1 is 1.21 bits per heavy atom. The number of anilines is 1. The Bertz CT molecular complexity index is 979. The molecule has 3 rings (SSSR count). The first-order valence-corrected chi connectivity index (χ1v) is 10.6. The summed E-state index contributed by atoms with van der Waals surface area (Å²) in [5, 5.41) is 2.65. The van der Waals surface area contributed by atoms with Crippen molar-refractivity contribution in [1.82, 2.24) is 4.90 Å². The summed E-state index contributed by atoms with van der Waals surface area (Å²) in [4.78, 5) is 14.0. The number of furan rings is 1. The van der Waals surface area contributed by atoms with E-state index in [0.29, 0.717) is 23.7 Å². The van der Waals surface area contributed by atoms with Gasteiger partial charge in [0.25, 0.3) is 10.0 Å². The highest BCUT2D eigenvalue weighted by Gasteiger charge is 2.18. The summed E-state index contributed by atoms with van der Waals surface area (Å²) in [5.74, 6) is 0.740. The second-order valence-corrected chi connectivity index (χ2v) is 8.18. The summed E-state index contributed by atoms with van der Waals surface area (Å²) in [6.07, 6.45) is 8.03. The van der Waals surface area contributed by atoms with Crippen molar-refractivity contribution in [2.45, 2.75) is 30.6 Å². The summed E-state index contributed by atoms with van der Waals surface area (Å²) in [7, 11) is -1.99. The molecule has 0 spiro atoms. The van der Waals surface area contributed by atoms with Gasteiger partial charge in [-0.05, 0) is 49.2 Å². The SMILES string of the molecule is CN1CCCCC/C1=N\S(=O)(=O)c1cccc(NC(=O)/C=C/c2ccco2)c1. The van der Waals surface area contributed by atoms with Crippen LogP contribution in [0.5, 0.6) is 0 Å². The van der Waals surface area contributed by atoms with Crippen molar-refractivity contribution in [3.63, 3.8) is 0 Å². The molecule has 1 aromatic heterocycles. The summed E-state index contributed by atoms with van der Waals surface area (Å²) in [5.41, 5.74) is 0.379. The standard InChI is InChI=1S/C20H23N3O4S/c1-23-13-4-2-3-10-19(23)22-28(25,26)18-9-5-7-16(15-18)21-20(24)12-11-17-8-6-14-27-17/h5-9,11-12,14-15H,2-4,10,13H2,1H3,(H,21,24)/b12-11+,22-19+. The van der Waals surface area contributed by atoms with Gasteiger partial charge in [0, 0.05) is 31.8 Å². The number of amidine groups is 1. The molecule has 8 heteroatoms. The van der Waals surface area contributed by atoms with Gasteiger partial charge in [0.2, 0.25) is 5.91 Å². The number of benzene rings is 1. The fourth-order valence-electron chi connectivity index (χ4n) is 2.90. The van der Waals surface area contributed by atoms with Gasteiger partial charge >= 0.3 is 0 Å². The van der Waals surface area contributed by atoms with Crippen molar-refractivity contribution in [2.75, 3.05) is 18.9 Å². The van der Waals surface area contributed by atoms with E-state index < -0.39 is 10.0 Å². The molecule has 0 saturated carbocycles. The van der Waals surface area contributed by atoms with Crippen molar-refractivity contribution >= 4 is 33.5 Å². The number of rotatable bonds is 5. The van der Waals surface area contributed by atoms with Crippen LogP contribution in [0.1, 0.15) is 31.4 Å². The molecule has 1 aliphatic heterocycles. The molecule has 1 aliphatic rings. The van der Waals surface area contributed by atoms with Gasteiger partial charge in [-0.2, -0.15) is 8.42 Å². The van der Waals surface area contributed by atoms with Gasteiger partial charge < -0.3 is 14.6 Å². The number of nitrogens with zero attached hydrogens (tertiary/aromatic N) is 2. The zero-order chi connectivity index (χ0) is 20.0. The summed E-state index contributed by atoms with van der Waals surface area (Å²) >= 11 is 0. The summed E-state index contributed by atoms with van der Waals surface area (Å²) in [6, 6.07) is 9.54. The van der Waals surface area contributed by atoms with Crippen molar-refractivity contribution in [3.05, 3.63) is 54.5 Å². The highest BCUT2D eigenvalue weighted by Crippen LogP contribution is 2.20. The molecular weight excluding hydrogens is 378 g/mol. The molecule has 1 fully saturated rings. The topological polar surface area (TPSA) is 92.0 Å². The fourth-order valence-corrected chi connectivity index (χ4v) is 4.04. The molecule has 1 amide bonds. The van der Waals surface area contributed by atoms with Crippen LogP contribution in [0.4, 0.5) is 5.69 Å². The predicted molar refractivity (Wildman–Crippen MR) is 109 cm³/mol. The van der Waals surface area contributed by atoms with Crippen LogP contribution in [0.25, 0.3) is 6.08 Å². The maximum Gasteiger partial charge on any atom is 0.284 e. The third-order valence-corrected chi connectivity index (χ3v) is 5.70. The van der Waals surface area contributed by atoms with Crippen LogP contribution in [0.2, 0.25) is 0 Å². The molecule has 0 bridgehead atoms. The number of nitrogens with one attached hydrogen (secondary N) is 1. The minimum atomic E-state index is -3.85. The number of carbonyl (C=O) groups excluding carboxylic acids is 1. The highest BCUT2D eigenvalue weighted by molar-refractivity contribution is 7.90. The van der Waals surface area contributed by atoms with Crippen molar-refractivity contribution < 1.29 is 17.6 Å². The lowest BCUT2D eigenvalue weighted by atomic mass is 10.2. The van der Waals surface area contributed by atoms with Crippen molar-refractivity contribution in [3.8, 4) is 0 Å². The lowest BCUT2D eigenvalue weighted by molar-refractivity contribution is -0.111. The number of hydrogen-bond donors (Lipinski definition) is 1. The van der Waals surface area contributed by atoms with Gasteiger partial charge in [0.1, 0.15) is 11.6 Å². The molecule has 1 N–H and O–H groups in total. The van der Waals surface area contributed by atoms with Crippen molar-refractivity contribution in [1.29, 1.82) is 0 Å². The summed E-state index contributed by atoms with van der Waals surface area (Å²) < 4.78 is 34.6. The van der Waals surface area contributed by atoms with E-state index in [-0.39, 0.29) is 10.8 Å². The average Bonchev–Trinajstić information content (AvgIpc) is 3.11. The van der Waals surface area contributed by atoms with Crippen LogP contribution < -0.4 is 5.32 Å². The molecule has 28 heavy (non-hydrogen) atoms. The Balaban J connectivity index is 1.75. The monoisotopic (exact) mass is 401 g/mol. The van der Waals surface area contributed by atoms with Gasteiger partial charge in [0.05, 0.1) is 11.2 Å². The lowest BCUT2D eigenvalue weighted by Gasteiger charge is -2.17. The van der Waals surface area contributed by atoms with Crippen LogP contribution in [-0.4, -0.2) is 38.7 Å². The molecule has 0 atom stereocenters. The van der Waals surface area contributed by atoms with E-state index in [1.54, 1.807) is 24.3 Å². The van der Waals surface area contributed by atoms with E-state index >= 15 is 0 Å². The Labute approximate surface area is 164 Å². The number of carbonyl (C=O) groups is 1. The lowest BCUT2D eigenvalue weighted by Crippen LogP contribution is -2.26. The molecule has 0 unspecified atom stereocenters. The number of likely N-dealkylation sites (tertiary alicyclic amines) is 1. The first kappa shape index (κ1) is 19.9. The molecule has 7 nitrogen and oxygen atoms in total. The van der Waals surface area contributed by atoms with Crippen LogP contribution in [0.15, 0.2) is 62.4 Å². The zero-order valence-corrected chi connectivity index (χ0v) is 16.5. The molecule has 2 heterocycles. The zero-order valence-electron chi connectivity index (χ0n) is 15.7. The maximum atomic E-state index is 12.7. The Kier molecular flexibility index (Phi) is 6.30. The highest BCUT2D eigenvalue weighted by atomic mass is 32.2. The quantitative estimate of drug-likeness (QED) is 0.774. The van der Waals surface area contributed by atoms with E-state index in [9.17, 15) is 13.2 Å². The molecule has 1 saturated heterocycles. The first-order valence-electron chi connectivity index (χ1n) is 9.12. The Morgan fingerprint density at radius 2 is 2.07 bits per heavy atom. The second kappa shape index (κ2) is 8.88. The van der Waals surface area contributed by atoms with Gasteiger partial charge in [0.15, 0.2) is 0 Å². The molecule has 148 valence electrons. The van der Waals surface area contributed by atoms with E-state index in [1.807, 2.05) is 11.9 Å². The third kappa shape index (κ3) is 5.32. The molecule has 0 aliphatic carbocycles. The van der Waals surface area contributed by atoms with E-state index in [4.69, 9.17) is 4.42 Å². The predicted octanol–water partition coefficient (Wildman–Crippen LogP) is 3.52. The maximum absolute atomic E-state index is 12.7. The van der Waals surface area contributed by atoms with Crippen LogP contribution in [0.3, 0.4) is 0 Å². The minimum absolute atomic E-state index is 0.0467. The van der Waals surface area contributed by atoms with Crippen molar-refractivity contribution in [2.24, 2.45) is 4.40 Å². The number of amides is 1. The number of hydrogen-bond acceptors (Lipinski definition) is 4. The van der Waals surface area contributed by atoms with Gasteiger partial charge in [-0.15, -0.1) is 4.40 Å². The molecule has 1 aromatic carbocycles. The largest absolute Gasteiger partial charge is 0.465 e. The molecular formula is C20H23N3O4S. The van der Waals surface area contributed by atoms with E-state index in [2.05, 4.69) is 9.71 Å². The molecule has 0 radical (unpaired) electrons. The Hall–Kier alpha value is -2.87. The van der Waals surface area contributed by atoms with E-state index in [0.717, 1.165) is 25.8 Å².